The molecule has 9 heteroatoms. The minimum Gasteiger partial charge on any atom is -0.382 e. The van der Waals surface area contributed by atoms with Gasteiger partial charge in [0, 0.05) is 17.8 Å². The number of urea groups is 1. The van der Waals surface area contributed by atoms with Crippen LogP contribution >= 0.6 is 0 Å². The van der Waals surface area contributed by atoms with Crippen LogP contribution in [-0.2, 0) is 6.42 Å². The van der Waals surface area contributed by atoms with Crippen LogP contribution in [-0.4, -0.2) is 28.3 Å². The number of nitrogens with one attached hydrogen (secondary N) is 2. The van der Waals surface area contributed by atoms with Gasteiger partial charge in [-0.15, -0.1) is 0 Å². The summed E-state index contributed by atoms with van der Waals surface area (Å²) in [6.07, 6.45) is 1.06. The molecule has 0 saturated carbocycles. The summed E-state index contributed by atoms with van der Waals surface area (Å²) in [5.41, 5.74) is 13.7. The molecule has 0 aliphatic heterocycles. The fourth-order valence-electron chi connectivity index (χ4n) is 2.98. The standard InChI is InChI=1S/C21H21N7O2/c22-13-17-18(27-28(19(17)23)16-8-2-1-3-9-16)10-5-11-25-20(29)14-6-4-7-15(12-14)26-21(24)30/h1-4,6-9,12H,5,10-11,23H2,(H,25,29)(H3,24,26,30). The highest BCUT2D eigenvalue weighted by Crippen LogP contribution is 2.21. The first-order valence-electron chi connectivity index (χ1n) is 9.27. The summed E-state index contributed by atoms with van der Waals surface area (Å²) in [6, 6.07) is 17.2. The Bertz CT molecular complexity index is 1100. The summed E-state index contributed by atoms with van der Waals surface area (Å²) in [6.45, 7) is 0.384. The number of carbonyl (C=O) groups is 2. The SMILES string of the molecule is N#Cc1c(CCCNC(=O)c2cccc(NC(N)=O)c2)nn(-c2ccccc2)c1N. The Morgan fingerprint density at radius 3 is 2.60 bits per heavy atom. The molecule has 30 heavy (non-hydrogen) atoms. The average molecular weight is 403 g/mol. The van der Waals surface area contributed by atoms with Gasteiger partial charge in [0.25, 0.3) is 5.91 Å². The number of aromatic nitrogens is 2. The van der Waals surface area contributed by atoms with Crippen LogP contribution in [0.5, 0.6) is 0 Å². The Kier molecular flexibility index (Phi) is 6.29. The molecular formula is C21H21N7O2. The van der Waals surface area contributed by atoms with Gasteiger partial charge in [-0.3, -0.25) is 4.79 Å². The summed E-state index contributed by atoms with van der Waals surface area (Å²) >= 11 is 0. The number of nitriles is 1. The average Bonchev–Trinajstić information content (AvgIpc) is 3.06. The number of carbonyl (C=O) groups excluding carboxylic acids is 2. The predicted octanol–water partition coefficient (Wildman–Crippen LogP) is 2.18. The third-order valence-corrected chi connectivity index (χ3v) is 4.37. The molecule has 152 valence electrons. The van der Waals surface area contributed by atoms with Gasteiger partial charge in [-0.1, -0.05) is 24.3 Å². The quantitative estimate of drug-likeness (QED) is 0.446. The van der Waals surface area contributed by atoms with Crippen molar-refractivity contribution in [1.82, 2.24) is 15.1 Å². The summed E-state index contributed by atoms with van der Waals surface area (Å²) in [5.74, 6) is 0.0134. The zero-order chi connectivity index (χ0) is 21.5. The number of amides is 3. The van der Waals surface area contributed by atoms with Crippen LogP contribution in [0.15, 0.2) is 54.6 Å². The van der Waals surface area contributed by atoms with Crippen molar-refractivity contribution < 1.29 is 9.59 Å². The van der Waals surface area contributed by atoms with Crippen LogP contribution < -0.4 is 22.1 Å². The molecule has 0 bridgehead atoms. The minimum absolute atomic E-state index is 0.280. The molecule has 2 aromatic carbocycles. The van der Waals surface area contributed by atoms with E-state index in [1.165, 1.54) is 6.07 Å². The molecule has 0 fully saturated rings. The number of nitrogens with zero attached hydrogens (tertiary/aromatic N) is 3. The Morgan fingerprint density at radius 2 is 1.90 bits per heavy atom. The molecule has 9 nitrogen and oxygen atoms in total. The number of nitrogens with two attached hydrogens (primary N) is 2. The van der Waals surface area contributed by atoms with E-state index in [9.17, 15) is 14.9 Å². The second-order valence-electron chi connectivity index (χ2n) is 6.50. The monoisotopic (exact) mass is 403 g/mol. The van der Waals surface area contributed by atoms with Crippen molar-refractivity contribution in [2.75, 3.05) is 17.6 Å². The zero-order valence-corrected chi connectivity index (χ0v) is 16.1. The maximum Gasteiger partial charge on any atom is 0.316 e. The molecule has 0 aliphatic rings. The van der Waals surface area contributed by atoms with E-state index in [0.717, 1.165) is 5.69 Å². The second kappa shape index (κ2) is 9.25. The van der Waals surface area contributed by atoms with Crippen molar-refractivity contribution in [2.45, 2.75) is 12.8 Å². The maximum atomic E-state index is 12.3. The molecule has 3 rings (SSSR count). The largest absolute Gasteiger partial charge is 0.382 e. The number of hydrogen-bond acceptors (Lipinski definition) is 5. The lowest BCUT2D eigenvalue weighted by atomic mass is 10.1. The number of anilines is 2. The molecule has 0 unspecified atom stereocenters. The fourth-order valence-corrected chi connectivity index (χ4v) is 2.98. The van der Waals surface area contributed by atoms with Crippen LogP contribution in [0.2, 0.25) is 0 Å². The number of primary amides is 1. The van der Waals surface area contributed by atoms with Crippen molar-refractivity contribution in [2.24, 2.45) is 5.73 Å². The molecule has 0 saturated heterocycles. The fraction of sp³-hybridized carbons (Fsp3) is 0.143. The van der Waals surface area contributed by atoms with Crippen LogP contribution in [0.3, 0.4) is 0 Å². The lowest BCUT2D eigenvalue weighted by Crippen LogP contribution is -2.25. The Balaban J connectivity index is 1.60. The van der Waals surface area contributed by atoms with Gasteiger partial charge in [0.15, 0.2) is 0 Å². The smallest absolute Gasteiger partial charge is 0.316 e. The highest BCUT2D eigenvalue weighted by molar-refractivity contribution is 5.96. The van der Waals surface area contributed by atoms with E-state index in [2.05, 4.69) is 21.8 Å². The summed E-state index contributed by atoms with van der Waals surface area (Å²) in [7, 11) is 0. The first kappa shape index (κ1) is 20.4. The highest BCUT2D eigenvalue weighted by atomic mass is 16.2. The summed E-state index contributed by atoms with van der Waals surface area (Å²) in [4.78, 5) is 23.2. The number of hydrogen-bond donors (Lipinski definition) is 4. The molecule has 1 heterocycles. The molecule has 0 radical (unpaired) electrons. The number of benzene rings is 2. The second-order valence-corrected chi connectivity index (χ2v) is 6.50. The molecule has 0 atom stereocenters. The Morgan fingerprint density at radius 1 is 1.13 bits per heavy atom. The van der Waals surface area contributed by atoms with Crippen LogP contribution in [0, 0.1) is 11.3 Å². The predicted molar refractivity (Wildman–Crippen MR) is 113 cm³/mol. The topological polar surface area (TPSA) is 152 Å². The normalized spacial score (nSPS) is 10.2. The van der Waals surface area contributed by atoms with Crippen LogP contribution in [0.4, 0.5) is 16.3 Å². The molecule has 1 aromatic heterocycles. The molecule has 0 aliphatic carbocycles. The Hall–Kier alpha value is -4.32. The van der Waals surface area contributed by atoms with Crippen molar-refractivity contribution in [1.29, 1.82) is 5.26 Å². The first-order valence-corrected chi connectivity index (χ1v) is 9.27. The lowest BCUT2D eigenvalue weighted by molar-refractivity contribution is 0.0953. The van der Waals surface area contributed by atoms with E-state index in [0.29, 0.717) is 47.7 Å². The Labute approximate surface area is 173 Å². The maximum absolute atomic E-state index is 12.3. The minimum atomic E-state index is -0.699. The van der Waals surface area contributed by atoms with E-state index in [1.54, 1.807) is 22.9 Å². The molecular weight excluding hydrogens is 382 g/mol. The number of nitrogen functional groups attached to an aromatic ring is 1. The number of para-hydroxylation sites is 1. The van der Waals surface area contributed by atoms with Gasteiger partial charge in [0.1, 0.15) is 17.5 Å². The van der Waals surface area contributed by atoms with Gasteiger partial charge in [0.2, 0.25) is 0 Å². The van der Waals surface area contributed by atoms with E-state index < -0.39 is 6.03 Å². The van der Waals surface area contributed by atoms with Gasteiger partial charge in [-0.05, 0) is 43.2 Å². The number of rotatable bonds is 7. The van der Waals surface area contributed by atoms with Gasteiger partial charge in [0.05, 0.1) is 11.4 Å². The van der Waals surface area contributed by atoms with Gasteiger partial charge >= 0.3 is 6.03 Å². The number of aryl methyl sites for hydroxylation is 1. The van der Waals surface area contributed by atoms with Crippen LogP contribution in [0.25, 0.3) is 5.69 Å². The van der Waals surface area contributed by atoms with E-state index in [1.807, 2.05) is 30.3 Å². The highest BCUT2D eigenvalue weighted by Gasteiger charge is 2.16. The zero-order valence-electron chi connectivity index (χ0n) is 16.1. The molecule has 0 spiro atoms. The van der Waals surface area contributed by atoms with Crippen molar-refractivity contribution in [3.05, 3.63) is 71.4 Å². The van der Waals surface area contributed by atoms with E-state index >= 15 is 0 Å². The molecule has 6 N–H and O–H groups in total. The van der Waals surface area contributed by atoms with Gasteiger partial charge in [-0.2, -0.15) is 10.4 Å². The summed E-state index contributed by atoms with van der Waals surface area (Å²) in [5, 5.41) is 19.2. The van der Waals surface area contributed by atoms with E-state index in [4.69, 9.17) is 11.5 Å². The van der Waals surface area contributed by atoms with Crippen LogP contribution in [0.1, 0.15) is 28.0 Å². The molecule has 3 aromatic rings. The van der Waals surface area contributed by atoms with Crippen molar-refractivity contribution >= 4 is 23.4 Å². The lowest BCUT2D eigenvalue weighted by Gasteiger charge is -2.07. The van der Waals surface area contributed by atoms with Gasteiger partial charge in [-0.25, -0.2) is 9.48 Å². The summed E-state index contributed by atoms with van der Waals surface area (Å²) < 4.78 is 1.55. The van der Waals surface area contributed by atoms with Crippen molar-refractivity contribution in [3.8, 4) is 11.8 Å². The van der Waals surface area contributed by atoms with E-state index in [-0.39, 0.29) is 5.91 Å². The third-order valence-electron chi connectivity index (χ3n) is 4.37. The third kappa shape index (κ3) is 4.74. The first-order chi connectivity index (χ1) is 14.5. The van der Waals surface area contributed by atoms with Gasteiger partial charge < -0.3 is 22.1 Å². The molecule has 3 amide bonds. The van der Waals surface area contributed by atoms with Crippen molar-refractivity contribution in [3.63, 3.8) is 0 Å².